The van der Waals surface area contributed by atoms with E-state index in [0.717, 1.165) is 40.5 Å². The average molecular weight is 456 g/mol. The Kier molecular flexibility index (Phi) is 5.34. The fourth-order valence-corrected chi connectivity index (χ4v) is 4.23. The predicted octanol–water partition coefficient (Wildman–Crippen LogP) is 2.12. The Balaban J connectivity index is 1.33. The van der Waals surface area contributed by atoms with E-state index in [-0.39, 0.29) is 11.1 Å². The molecule has 1 aromatic carbocycles. The molecule has 2 aliphatic rings. The number of piperidine rings is 1. The van der Waals surface area contributed by atoms with Gasteiger partial charge in [0.1, 0.15) is 24.7 Å². The summed E-state index contributed by atoms with van der Waals surface area (Å²) < 4.78 is 44.6. The van der Waals surface area contributed by atoms with E-state index in [0.29, 0.717) is 37.9 Å². The maximum atomic E-state index is 13.0. The molecule has 0 aliphatic carbocycles. The lowest BCUT2D eigenvalue weighted by atomic mass is 9.73. The molecule has 0 spiro atoms. The monoisotopic (exact) mass is 456 g/mol. The zero-order valence-corrected chi connectivity index (χ0v) is 18.4. The van der Waals surface area contributed by atoms with Gasteiger partial charge in [0, 0.05) is 25.2 Å². The predicted molar refractivity (Wildman–Crippen MR) is 120 cm³/mol. The maximum Gasteiger partial charge on any atom is 0.280 e. The Morgan fingerprint density at radius 3 is 2.58 bits per heavy atom. The van der Waals surface area contributed by atoms with Gasteiger partial charge in [0.25, 0.3) is 12.0 Å². The summed E-state index contributed by atoms with van der Waals surface area (Å²) in [5.74, 6) is 2.77. The summed E-state index contributed by atoms with van der Waals surface area (Å²) in [4.78, 5) is 18.3. The molecule has 5 rings (SSSR count). The zero-order chi connectivity index (χ0) is 23.2. The number of nitrogens with zero attached hydrogens (tertiary/aromatic N) is 4. The van der Waals surface area contributed by atoms with Gasteiger partial charge in [-0.3, -0.25) is 4.79 Å². The van der Waals surface area contributed by atoms with Crippen molar-refractivity contribution < 1.29 is 23.0 Å². The lowest BCUT2D eigenvalue weighted by Gasteiger charge is -2.40. The van der Waals surface area contributed by atoms with Crippen molar-refractivity contribution in [3.8, 4) is 17.2 Å². The van der Waals surface area contributed by atoms with Gasteiger partial charge in [-0.05, 0) is 43.5 Å². The second kappa shape index (κ2) is 8.20. The lowest BCUT2D eigenvalue weighted by Crippen LogP contribution is -2.49. The molecular formula is C22H23BF2N4O4. The topological polar surface area (TPSA) is 78.2 Å². The molecule has 0 amide bonds. The number of alkyl halides is 2. The van der Waals surface area contributed by atoms with Crippen molar-refractivity contribution in [1.82, 2.24) is 14.6 Å². The summed E-state index contributed by atoms with van der Waals surface area (Å²) in [6.45, 7) is 4.22. The van der Waals surface area contributed by atoms with Crippen molar-refractivity contribution in [3.05, 3.63) is 51.9 Å². The molecule has 0 N–H and O–H groups in total. The van der Waals surface area contributed by atoms with Crippen LogP contribution in [0.15, 0.2) is 35.1 Å². The summed E-state index contributed by atoms with van der Waals surface area (Å²) in [5, 5.41) is 4.43. The number of anilines is 1. The number of benzene rings is 1. The first-order chi connectivity index (χ1) is 15.8. The van der Waals surface area contributed by atoms with Crippen LogP contribution in [0.3, 0.4) is 0 Å². The minimum Gasteiger partial charge on any atom is -0.496 e. The largest absolute Gasteiger partial charge is 0.496 e. The van der Waals surface area contributed by atoms with E-state index in [2.05, 4.69) is 22.8 Å². The molecule has 4 heterocycles. The minimum atomic E-state index is -2.81. The van der Waals surface area contributed by atoms with Crippen LogP contribution in [0.25, 0.3) is 5.65 Å². The fourth-order valence-electron chi connectivity index (χ4n) is 4.23. The zero-order valence-electron chi connectivity index (χ0n) is 18.4. The highest BCUT2D eigenvalue weighted by molar-refractivity contribution is 6.14. The highest BCUT2D eigenvalue weighted by atomic mass is 19.3. The molecule has 2 aromatic heterocycles. The first-order valence-corrected chi connectivity index (χ1v) is 10.8. The maximum absolute atomic E-state index is 13.0. The van der Waals surface area contributed by atoms with Gasteiger partial charge in [-0.1, -0.05) is 0 Å². The number of aryl methyl sites for hydroxylation is 1. The molecule has 0 bridgehead atoms. The van der Waals surface area contributed by atoms with Gasteiger partial charge in [0.2, 0.25) is 0 Å². The second-order valence-electron chi connectivity index (χ2n) is 8.59. The fraction of sp³-hybridized carbons (Fsp3) is 0.409. The Labute approximate surface area is 189 Å². The van der Waals surface area contributed by atoms with Gasteiger partial charge in [-0.15, -0.1) is 5.10 Å². The van der Waals surface area contributed by atoms with E-state index < -0.39 is 17.7 Å². The Bertz CT molecular complexity index is 1260. The van der Waals surface area contributed by atoms with Crippen LogP contribution in [-0.2, 0) is 0 Å². The molecule has 1 saturated heterocycles. The number of ether oxygens (including phenoxy) is 3. The normalized spacial score (nSPS) is 17.4. The highest BCUT2D eigenvalue weighted by Crippen LogP contribution is 2.36. The molecule has 172 valence electrons. The van der Waals surface area contributed by atoms with Crippen molar-refractivity contribution in [2.24, 2.45) is 0 Å². The van der Waals surface area contributed by atoms with E-state index in [4.69, 9.17) is 14.2 Å². The van der Waals surface area contributed by atoms with Crippen molar-refractivity contribution in [3.63, 3.8) is 0 Å². The SMILES string of the molecule is BC1(Oc2ccc3c(c2)OCCO3)CCN(c2nn3c(=O)cc(C(F)F)nc3cc2C)CC1. The van der Waals surface area contributed by atoms with Gasteiger partial charge in [-0.2, -0.15) is 4.52 Å². The molecule has 2 aliphatic heterocycles. The van der Waals surface area contributed by atoms with Gasteiger partial charge in [-0.25, -0.2) is 13.8 Å². The lowest BCUT2D eigenvalue weighted by molar-refractivity contribution is 0.124. The number of fused-ring (bicyclic) bond motifs is 2. The first kappa shape index (κ1) is 21.5. The molecule has 11 heteroatoms. The molecule has 0 radical (unpaired) electrons. The molecule has 3 aromatic rings. The van der Waals surface area contributed by atoms with E-state index in [1.165, 1.54) is 0 Å². The molecule has 0 unspecified atom stereocenters. The molecular weight excluding hydrogens is 433 g/mol. The van der Waals surface area contributed by atoms with Crippen LogP contribution < -0.4 is 24.7 Å². The van der Waals surface area contributed by atoms with Crippen molar-refractivity contribution >= 4 is 19.3 Å². The first-order valence-electron chi connectivity index (χ1n) is 10.8. The Hall–Kier alpha value is -3.37. The molecule has 0 saturated carbocycles. The van der Waals surface area contributed by atoms with E-state index in [9.17, 15) is 13.6 Å². The van der Waals surface area contributed by atoms with E-state index in [1.807, 2.05) is 25.1 Å². The third-order valence-electron chi connectivity index (χ3n) is 6.06. The molecule has 0 atom stereocenters. The quantitative estimate of drug-likeness (QED) is 0.557. The van der Waals surface area contributed by atoms with Gasteiger partial charge in [0.05, 0.1) is 5.50 Å². The number of rotatable bonds is 4. The molecule has 1 fully saturated rings. The Morgan fingerprint density at radius 1 is 1.12 bits per heavy atom. The van der Waals surface area contributed by atoms with Crippen LogP contribution in [0.5, 0.6) is 17.2 Å². The standard InChI is InChI=1S/C22H23BF2N4O4/c1-13-10-18-26-15(20(24)25)12-19(30)29(18)27-21(13)28-6-4-22(23,5-7-28)33-14-2-3-16-17(11-14)32-9-8-31-16/h2-3,10-12,20H,4-9,23H2,1H3. The van der Waals surface area contributed by atoms with Crippen molar-refractivity contribution in [2.75, 3.05) is 31.2 Å². The number of aromatic nitrogens is 3. The Morgan fingerprint density at radius 2 is 1.85 bits per heavy atom. The van der Waals surface area contributed by atoms with E-state index >= 15 is 0 Å². The highest BCUT2D eigenvalue weighted by Gasteiger charge is 2.33. The van der Waals surface area contributed by atoms with Gasteiger partial charge in [0.15, 0.2) is 30.8 Å². The van der Waals surface area contributed by atoms with E-state index in [1.54, 1.807) is 6.07 Å². The van der Waals surface area contributed by atoms with Crippen LogP contribution in [-0.4, -0.2) is 54.2 Å². The summed E-state index contributed by atoms with van der Waals surface area (Å²) >= 11 is 0. The van der Waals surface area contributed by atoms with Crippen molar-refractivity contribution in [2.45, 2.75) is 31.7 Å². The van der Waals surface area contributed by atoms with Crippen LogP contribution in [0.4, 0.5) is 14.6 Å². The van der Waals surface area contributed by atoms with Gasteiger partial charge >= 0.3 is 0 Å². The summed E-state index contributed by atoms with van der Waals surface area (Å²) in [5.41, 5.74) is -0.665. The number of halogens is 2. The summed E-state index contributed by atoms with van der Waals surface area (Å²) in [6, 6.07) is 8.05. The van der Waals surface area contributed by atoms with Crippen LogP contribution >= 0.6 is 0 Å². The minimum absolute atomic E-state index is 0.114. The summed E-state index contributed by atoms with van der Waals surface area (Å²) in [7, 11) is 2.07. The molecule has 33 heavy (non-hydrogen) atoms. The number of hydrogen-bond acceptors (Lipinski definition) is 7. The van der Waals surface area contributed by atoms with Crippen LogP contribution in [0, 0.1) is 6.92 Å². The van der Waals surface area contributed by atoms with Crippen molar-refractivity contribution in [1.29, 1.82) is 0 Å². The average Bonchev–Trinajstić information content (AvgIpc) is 2.79. The smallest absolute Gasteiger partial charge is 0.280 e. The second-order valence-corrected chi connectivity index (χ2v) is 8.59. The third-order valence-corrected chi connectivity index (χ3v) is 6.06. The van der Waals surface area contributed by atoms with Crippen LogP contribution in [0.2, 0.25) is 0 Å². The van der Waals surface area contributed by atoms with Gasteiger partial charge < -0.3 is 19.1 Å². The molecule has 8 nitrogen and oxygen atoms in total. The summed E-state index contributed by atoms with van der Waals surface area (Å²) in [6.07, 6.45) is -1.34. The third kappa shape index (κ3) is 4.19. The number of hydrogen-bond donors (Lipinski definition) is 0. The van der Waals surface area contributed by atoms with Crippen LogP contribution in [0.1, 0.15) is 30.5 Å².